The number of halogens is 1. The summed E-state index contributed by atoms with van der Waals surface area (Å²) in [6.45, 7) is 0. The summed E-state index contributed by atoms with van der Waals surface area (Å²) in [5.41, 5.74) is 2.29. The molecule has 1 heterocycles. The van der Waals surface area contributed by atoms with Crippen molar-refractivity contribution in [1.82, 2.24) is 9.97 Å². The van der Waals surface area contributed by atoms with Gasteiger partial charge in [-0.05, 0) is 36.8 Å². The van der Waals surface area contributed by atoms with Crippen molar-refractivity contribution in [3.05, 3.63) is 42.7 Å². The summed E-state index contributed by atoms with van der Waals surface area (Å²) < 4.78 is 10.7. The highest BCUT2D eigenvalue weighted by Gasteiger charge is 2.11. The average molecular weight is 401 g/mol. The Morgan fingerprint density at radius 3 is 2.39 bits per heavy atom. The normalized spacial score (nSPS) is 10.5. The van der Waals surface area contributed by atoms with Gasteiger partial charge in [-0.1, -0.05) is 0 Å². The largest absolute Gasteiger partial charge is 0.493 e. The van der Waals surface area contributed by atoms with Gasteiger partial charge < -0.3 is 20.1 Å². The number of methoxy groups -OCH3 is 2. The lowest BCUT2D eigenvalue weighted by molar-refractivity contribution is -0.116. The Bertz CT molecular complexity index is 964. The summed E-state index contributed by atoms with van der Waals surface area (Å²) in [6.07, 6.45) is 2.55. The molecule has 0 saturated heterocycles. The standard InChI is InChI=1S/C20H21ClN4O3/c1-27-17-10-15-16(11-18(17)28-2)22-12-23-20(15)25-14-7-5-13(6-8-14)24-19(26)4-3-9-21/h5-8,10-12H,3-4,9H2,1-2H3,(H,24,26)(H,22,23,25). The van der Waals surface area contributed by atoms with Crippen molar-refractivity contribution in [2.45, 2.75) is 12.8 Å². The monoisotopic (exact) mass is 400 g/mol. The number of alkyl halides is 1. The van der Waals surface area contributed by atoms with Crippen LogP contribution in [-0.4, -0.2) is 36.0 Å². The molecular weight excluding hydrogens is 380 g/mol. The third-order valence-electron chi connectivity index (χ3n) is 4.11. The Kier molecular flexibility index (Phi) is 6.49. The molecule has 3 rings (SSSR count). The lowest BCUT2D eigenvalue weighted by Crippen LogP contribution is -2.11. The number of carbonyl (C=O) groups excluding carboxylic acids is 1. The van der Waals surface area contributed by atoms with E-state index in [1.54, 1.807) is 20.3 Å². The van der Waals surface area contributed by atoms with Gasteiger partial charge in [0.15, 0.2) is 11.5 Å². The number of ether oxygens (including phenoxy) is 2. The van der Waals surface area contributed by atoms with Crippen LogP contribution in [0.5, 0.6) is 11.5 Å². The van der Waals surface area contributed by atoms with Gasteiger partial charge >= 0.3 is 0 Å². The first kappa shape index (κ1) is 19.7. The highest BCUT2D eigenvalue weighted by atomic mass is 35.5. The zero-order valence-electron chi connectivity index (χ0n) is 15.7. The van der Waals surface area contributed by atoms with Gasteiger partial charge in [0.2, 0.25) is 5.91 Å². The van der Waals surface area contributed by atoms with Gasteiger partial charge in [0.25, 0.3) is 0 Å². The molecule has 1 aromatic heterocycles. The summed E-state index contributed by atoms with van der Waals surface area (Å²) >= 11 is 5.61. The van der Waals surface area contributed by atoms with Crippen molar-refractivity contribution in [1.29, 1.82) is 0 Å². The molecule has 0 unspecified atom stereocenters. The van der Waals surface area contributed by atoms with Crippen LogP contribution in [-0.2, 0) is 4.79 Å². The molecule has 8 heteroatoms. The van der Waals surface area contributed by atoms with E-state index in [1.165, 1.54) is 6.33 Å². The molecule has 2 N–H and O–H groups in total. The van der Waals surface area contributed by atoms with E-state index in [0.29, 0.717) is 36.0 Å². The van der Waals surface area contributed by atoms with E-state index in [-0.39, 0.29) is 5.91 Å². The Labute approximate surface area is 168 Å². The van der Waals surface area contributed by atoms with Gasteiger partial charge in [-0.2, -0.15) is 0 Å². The Morgan fingerprint density at radius 1 is 1.04 bits per heavy atom. The second kappa shape index (κ2) is 9.23. The van der Waals surface area contributed by atoms with Crippen molar-refractivity contribution >= 4 is 45.6 Å². The highest BCUT2D eigenvalue weighted by Crippen LogP contribution is 2.34. The number of hydrogen-bond donors (Lipinski definition) is 2. The van der Waals surface area contributed by atoms with Crippen molar-refractivity contribution in [2.24, 2.45) is 0 Å². The third-order valence-corrected chi connectivity index (χ3v) is 4.38. The SMILES string of the molecule is COc1cc2ncnc(Nc3ccc(NC(=O)CCCCl)cc3)c2cc1OC. The Hall–Kier alpha value is -3.06. The van der Waals surface area contributed by atoms with E-state index in [0.717, 1.165) is 22.3 Å². The highest BCUT2D eigenvalue weighted by molar-refractivity contribution is 6.18. The summed E-state index contributed by atoms with van der Waals surface area (Å²) in [6, 6.07) is 11.0. The molecule has 0 aliphatic rings. The van der Waals surface area contributed by atoms with Crippen LogP contribution < -0.4 is 20.1 Å². The maximum absolute atomic E-state index is 11.8. The lowest BCUT2D eigenvalue weighted by Gasteiger charge is -2.12. The number of nitrogens with one attached hydrogen (secondary N) is 2. The van der Waals surface area contributed by atoms with Crippen molar-refractivity contribution in [3.63, 3.8) is 0 Å². The maximum atomic E-state index is 11.8. The molecule has 0 radical (unpaired) electrons. The number of amides is 1. The van der Waals surface area contributed by atoms with E-state index in [1.807, 2.05) is 30.3 Å². The van der Waals surface area contributed by atoms with E-state index >= 15 is 0 Å². The van der Waals surface area contributed by atoms with Crippen LogP contribution >= 0.6 is 11.6 Å². The molecule has 0 aliphatic heterocycles. The molecule has 0 bridgehead atoms. The zero-order chi connectivity index (χ0) is 19.9. The second-order valence-corrected chi connectivity index (χ2v) is 6.37. The number of fused-ring (bicyclic) bond motifs is 1. The molecule has 1 amide bonds. The fraction of sp³-hybridized carbons (Fsp3) is 0.250. The molecule has 0 fully saturated rings. The molecule has 0 saturated carbocycles. The van der Waals surface area contributed by atoms with Crippen LogP contribution in [0.3, 0.4) is 0 Å². The van der Waals surface area contributed by atoms with Gasteiger partial charge in [-0.25, -0.2) is 9.97 Å². The minimum Gasteiger partial charge on any atom is -0.493 e. The number of carbonyl (C=O) groups is 1. The fourth-order valence-corrected chi connectivity index (χ4v) is 2.84. The van der Waals surface area contributed by atoms with Crippen LogP contribution in [0.15, 0.2) is 42.7 Å². The zero-order valence-corrected chi connectivity index (χ0v) is 16.4. The predicted octanol–water partition coefficient (Wildman–Crippen LogP) is 4.35. The molecule has 7 nitrogen and oxygen atoms in total. The number of benzene rings is 2. The summed E-state index contributed by atoms with van der Waals surface area (Å²) in [5, 5.41) is 6.92. The number of anilines is 3. The number of rotatable bonds is 8. The third kappa shape index (κ3) is 4.61. The molecule has 0 aliphatic carbocycles. The van der Waals surface area contributed by atoms with E-state index in [4.69, 9.17) is 21.1 Å². The number of nitrogens with zero attached hydrogens (tertiary/aromatic N) is 2. The van der Waals surface area contributed by atoms with Crippen LogP contribution in [0.1, 0.15) is 12.8 Å². The van der Waals surface area contributed by atoms with E-state index in [9.17, 15) is 4.79 Å². The van der Waals surface area contributed by atoms with Crippen molar-refractivity contribution in [3.8, 4) is 11.5 Å². The molecule has 0 atom stereocenters. The van der Waals surface area contributed by atoms with Gasteiger partial charge in [-0.3, -0.25) is 4.79 Å². The lowest BCUT2D eigenvalue weighted by atomic mass is 10.2. The van der Waals surface area contributed by atoms with Gasteiger partial charge in [0.05, 0.1) is 19.7 Å². The van der Waals surface area contributed by atoms with Crippen LogP contribution in [0.4, 0.5) is 17.2 Å². The van der Waals surface area contributed by atoms with Crippen LogP contribution in [0.2, 0.25) is 0 Å². The molecule has 146 valence electrons. The quantitative estimate of drug-likeness (QED) is 0.547. The minimum atomic E-state index is -0.0517. The van der Waals surface area contributed by atoms with Gasteiger partial charge in [-0.15, -0.1) is 11.6 Å². The fourth-order valence-electron chi connectivity index (χ4n) is 2.71. The summed E-state index contributed by atoms with van der Waals surface area (Å²) in [7, 11) is 3.17. The first-order valence-electron chi connectivity index (χ1n) is 8.74. The van der Waals surface area contributed by atoms with Crippen LogP contribution in [0, 0.1) is 0 Å². The molecule has 28 heavy (non-hydrogen) atoms. The molecule has 3 aromatic rings. The number of aromatic nitrogens is 2. The Balaban J connectivity index is 1.80. The molecule has 2 aromatic carbocycles. The van der Waals surface area contributed by atoms with Crippen molar-refractivity contribution < 1.29 is 14.3 Å². The van der Waals surface area contributed by atoms with Crippen LogP contribution in [0.25, 0.3) is 10.9 Å². The Morgan fingerprint density at radius 2 is 1.71 bits per heavy atom. The topological polar surface area (TPSA) is 85.4 Å². The molecule has 0 spiro atoms. The van der Waals surface area contributed by atoms with Gasteiger partial charge in [0, 0.05) is 35.1 Å². The molecular formula is C20H21ClN4O3. The first-order chi connectivity index (χ1) is 13.6. The number of hydrogen-bond acceptors (Lipinski definition) is 6. The average Bonchev–Trinajstić information content (AvgIpc) is 2.72. The van der Waals surface area contributed by atoms with E-state index < -0.39 is 0 Å². The summed E-state index contributed by atoms with van der Waals surface area (Å²) in [4.78, 5) is 20.4. The minimum absolute atomic E-state index is 0.0517. The van der Waals surface area contributed by atoms with E-state index in [2.05, 4.69) is 20.6 Å². The van der Waals surface area contributed by atoms with Gasteiger partial charge in [0.1, 0.15) is 12.1 Å². The smallest absolute Gasteiger partial charge is 0.224 e. The maximum Gasteiger partial charge on any atom is 0.224 e. The first-order valence-corrected chi connectivity index (χ1v) is 9.27. The summed E-state index contributed by atoms with van der Waals surface area (Å²) in [5.74, 6) is 2.27. The predicted molar refractivity (Wildman–Crippen MR) is 111 cm³/mol. The van der Waals surface area contributed by atoms with Crippen molar-refractivity contribution in [2.75, 3.05) is 30.7 Å². The second-order valence-electron chi connectivity index (χ2n) is 5.99.